The van der Waals surface area contributed by atoms with Gasteiger partial charge in [0.1, 0.15) is 0 Å². The SMILES string of the molecule is CC[C@@H](CN(C)CCc1cnccn1)c1ccccc1. The summed E-state index contributed by atoms with van der Waals surface area (Å²) < 4.78 is 0. The highest BCUT2D eigenvalue weighted by molar-refractivity contribution is 5.19. The Hall–Kier alpha value is -1.74. The highest BCUT2D eigenvalue weighted by Crippen LogP contribution is 2.19. The van der Waals surface area contributed by atoms with Crippen LogP contribution < -0.4 is 0 Å². The van der Waals surface area contributed by atoms with Crippen LogP contribution in [0.4, 0.5) is 0 Å². The van der Waals surface area contributed by atoms with Crippen LogP contribution in [0.1, 0.15) is 30.5 Å². The Morgan fingerprint density at radius 3 is 2.60 bits per heavy atom. The molecule has 0 aliphatic rings. The van der Waals surface area contributed by atoms with Crippen molar-refractivity contribution in [3.63, 3.8) is 0 Å². The molecule has 0 bridgehead atoms. The summed E-state index contributed by atoms with van der Waals surface area (Å²) in [5.74, 6) is 0.600. The second-order valence-corrected chi connectivity index (χ2v) is 5.22. The molecule has 0 N–H and O–H groups in total. The monoisotopic (exact) mass is 269 g/mol. The zero-order valence-electron chi connectivity index (χ0n) is 12.4. The minimum atomic E-state index is 0.600. The van der Waals surface area contributed by atoms with Crippen molar-refractivity contribution in [1.82, 2.24) is 14.9 Å². The predicted molar refractivity (Wildman–Crippen MR) is 82.7 cm³/mol. The van der Waals surface area contributed by atoms with Gasteiger partial charge in [-0.15, -0.1) is 0 Å². The summed E-state index contributed by atoms with van der Waals surface area (Å²) in [7, 11) is 2.18. The lowest BCUT2D eigenvalue weighted by Gasteiger charge is -2.23. The third-order valence-electron chi connectivity index (χ3n) is 3.66. The van der Waals surface area contributed by atoms with E-state index in [1.54, 1.807) is 12.4 Å². The van der Waals surface area contributed by atoms with E-state index in [0.717, 1.165) is 25.2 Å². The van der Waals surface area contributed by atoms with Gasteiger partial charge < -0.3 is 4.90 Å². The molecule has 2 aromatic rings. The number of aromatic nitrogens is 2. The van der Waals surface area contributed by atoms with Crippen LogP contribution in [0.25, 0.3) is 0 Å². The van der Waals surface area contributed by atoms with Crippen molar-refractivity contribution in [3.05, 3.63) is 60.2 Å². The van der Waals surface area contributed by atoms with E-state index in [2.05, 4.69) is 59.2 Å². The Bertz CT molecular complexity index is 484. The first-order valence-corrected chi connectivity index (χ1v) is 7.28. The van der Waals surface area contributed by atoms with Gasteiger partial charge in [-0.05, 0) is 24.9 Å². The molecule has 0 spiro atoms. The first-order chi connectivity index (χ1) is 9.79. The van der Waals surface area contributed by atoms with Crippen LogP contribution in [0.3, 0.4) is 0 Å². The molecule has 3 heteroatoms. The van der Waals surface area contributed by atoms with Gasteiger partial charge in [0.05, 0.1) is 5.69 Å². The summed E-state index contributed by atoms with van der Waals surface area (Å²) in [6.07, 6.45) is 7.45. The number of nitrogens with zero attached hydrogens (tertiary/aromatic N) is 3. The zero-order valence-corrected chi connectivity index (χ0v) is 12.4. The van der Waals surface area contributed by atoms with Gasteiger partial charge >= 0.3 is 0 Å². The number of rotatable bonds is 7. The zero-order chi connectivity index (χ0) is 14.2. The molecule has 0 saturated carbocycles. The summed E-state index contributed by atoms with van der Waals surface area (Å²) in [4.78, 5) is 10.8. The van der Waals surface area contributed by atoms with Crippen molar-refractivity contribution in [2.75, 3.05) is 20.1 Å². The van der Waals surface area contributed by atoms with Gasteiger partial charge in [-0.3, -0.25) is 9.97 Å². The molecule has 0 saturated heterocycles. The van der Waals surface area contributed by atoms with Gasteiger partial charge in [0.15, 0.2) is 0 Å². The van der Waals surface area contributed by atoms with Gasteiger partial charge in [0.25, 0.3) is 0 Å². The summed E-state index contributed by atoms with van der Waals surface area (Å²) >= 11 is 0. The van der Waals surface area contributed by atoms with E-state index in [4.69, 9.17) is 0 Å². The van der Waals surface area contributed by atoms with Crippen molar-refractivity contribution in [3.8, 4) is 0 Å². The van der Waals surface area contributed by atoms with E-state index in [-0.39, 0.29) is 0 Å². The van der Waals surface area contributed by atoms with Crippen LogP contribution in [0, 0.1) is 0 Å². The minimum Gasteiger partial charge on any atom is -0.305 e. The smallest absolute Gasteiger partial charge is 0.0599 e. The van der Waals surface area contributed by atoms with Crippen LogP contribution in [0.15, 0.2) is 48.9 Å². The Morgan fingerprint density at radius 2 is 1.95 bits per heavy atom. The first kappa shape index (κ1) is 14.7. The molecule has 0 unspecified atom stereocenters. The van der Waals surface area contributed by atoms with Gasteiger partial charge in [-0.25, -0.2) is 0 Å². The highest BCUT2D eigenvalue weighted by Gasteiger charge is 2.11. The fourth-order valence-electron chi connectivity index (χ4n) is 2.43. The molecule has 0 fully saturated rings. The molecule has 1 aromatic carbocycles. The Balaban J connectivity index is 1.85. The van der Waals surface area contributed by atoms with Crippen molar-refractivity contribution in [1.29, 1.82) is 0 Å². The van der Waals surface area contributed by atoms with E-state index in [1.807, 2.05) is 6.20 Å². The Kier molecular flexibility index (Phi) is 5.69. The quantitative estimate of drug-likeness (QED) is 0.773. The maximum Gasteiger partial charge on any atom is 0.0599 e. The molecule has 2 rings (SSSR count). The standard InChI is InChI=1S/C17H23N3/c1-3-15(16-7-5-4-6-8-16)14-20(2)12-9-17-13-18-10-11-19-17/h4-8,10-11,13,15H,3,9,12,14H2,1-2H3/t15-/m0/s1. The minimum absolute atomic E-state index is 0.600. The molecule has 1 heterocycles. The number of hydrogen-bond donors (Lipinski definition) is 0. The van der Waals surface area contributed by atoms with Crippen LogP contribution in [-0.4, -0.2) is 35.0 Å². The van der Waals surface area contributed by atoms with Crippen LogP contribution in [0.5, 0.6) is 0 Å². The van der Waals surface area contributed by atoms with Crippen LogP contribution in [0.2, 0.25) is 0 Å². The summed E-state index contributed by atoms with van der Waals surface area (Å²) in [5.41, 5.74) is 2.49. The van der Waals surface area contributed by atoms with Gasteiger partial charge in [0.2, 0.25) is 0 Å². The molecular weight excluding hydrogens is 246 g/mol. The van der Waals surface area contributed by atoms with Crippen molar-refractivity contribution >= 4 is 0 Å². The van der Waals surface area contributed by atoms with E-state index in [1.165, 1.54) is 12.0 Å². The first-order valence-electron chi connectivity index (χ1n) is 7.28. The molecule has 0 aliphatic heterocycles. The summed E-state index contributed by atoms with van der Waals surface area (Å²) in [5, 5.41) is 0. The third-order valence-corrected chi connectivity index (χ3v) is 3.66. The van der Waals surface area contributed by atoms with Crippen LogP contribution >= 0.6 is 0 Å². The lowest BCUT2D eigenvalue weighted by atomic mass is 9.96. The Labute approximate surface area is 121 Å². The van der Waals surface area contributed by atoms with Crippen LogP contribution in [-0.2, 0) is 6.42 Å². The maximum atomic E-state index is 4.32. The number of hydrogen-bond acceptors (Lipinski definition) is 3. The second-order valence-electron chi connectivity index (χ2n) is 5.22. The number of benzene rings is 1. The average molecular weight is 269 g/mol. The molecule has 1 aromatic heterocycles. The van der Waals surface area contributed by atoms with Crippen molar-refractivity contribution in [2.24, 2.45) is 0 Å². The summed E-state index contributed by atoms with van der Waals surface area (Å²) in [6.45, 7) is 4.36. The molecular formula is C17H23N3. The topological polar surface area (TPSA) is 29.0 Å². The number of likely N-dealkylation sites (N-methyl/N-ethyl adjacent to an activating group) is 1. The lowest BCUT2D eigenvalue weighted by molar-refractivity contribution is 0.310. The van der Waals surface area contributed by atoms with Gasteiger partial charge in [-0.1, -0.05) is 37.3 Å². The highest BCUT2D eigenvalue weighted by atomic mass is 15.1. The largest absolute Gasteiger partial charge is 0.305 e. The maximum absolute atomic E-state index is 4.32. The third kappa shape index (κ3) is 4.42. The average Bonchev–Trinajstić information content (AvgIpc) is 2.52. The van der Waals surface area contributed by atoms with E-state index in [0.29, 0.717) is 5.92 Å². The van der Waals surface area contributed by atoms with E-state index >= 15 is 0 Å². The molecule has 0 aliphatic carbocycles. The van der Waals surface area contributed by atoms with Gasteiger partial charge in [-0.2, -0.15) is 0 Å². The molecule has 1 atom stereocenters. The lowest BCUT2D eigenvalue weighted by Crippen LogP contribution is -2.26. The molecule has 0 radical (unpaired) electrons. The van der Waals surface area contributed by atoms with Crippen molar-refractivity contribution in [2.45, 2.75) is 25.7 Å². The normalized spacial score (nSPS) is 12.6. The molecule has 0 amide bonds. The predicted octanol–water partition coefficient (Wildman–Crippen LogP) is 3.14. The van der Waals surface area contributed by atoms with Gasteiger partial charge in [0, 0.05) is 38.1 Å². The van der Waals surface area contributed by atoms with Crippen molar-refractivity contribution < 1.29 is 0 Å². The second kappa shape index (κ2) is 7.75. The van der Waals surface area contributed by atoms with E-state index in [9.17, 15) is 0 Å². The molecule has 106 valence electrons. The fourth-order valence-corrected chi connectivity index (χ4v) is 2.43. The molecule has 20 heavy (non-hydrogen) atoms. The van der Waals surface area contributed by atoms with E-state index < -0.39 is 0 Å². The fraction of sp³-hybridized carbons (Fsp3) is 0.412. The summed E-state index contributed by atoms with van der Waals surface area (Å²) in [6, 6.07) is 10.8. The molecule has 3 nitrogen and oxygen atoms in total. The Morgan fingerprint density at radius 1 is 1.15 bits per heavy atom.